The van der Waals surface area contributed by atoms with Gasteiger partial charge in [0.25, 0.3) is 0 Å². The highest BCUT2D eigenvalue weighted by Crippen LogP contribution is 2.40. The van der Waals surface area contributed by atoms with Crippen molar-refractivity contribution < 1.29 is 19.5 Å². The van der Waals surface area contributed by atoms with Crippen molar-refractivity contribution in [2.75, 3.05) is 0 Å². The molecule has 0 aromatic heterocycles. The smallest absolute Gasteiger partial charge is 0.330 e. The van der Waals surface area contributed by atoms with Crippen molar-refractivity contribution in [3.05, 3.63) is 0 Å². The number of piperidine rings is 1. The topological polar surface area (TPSA) is 74.7 Å². The predicted molar refractivity (Wildman–Crippen MR) is 72.9 cm³/mol. The fourth-order valence-electron chi connectivity index (χ4n) is 3.56. The molecule has 0 bridgehead atoms. The summed E-state index contributed by atoms with van der Waals surface area (Å²) in [4.78, 5) is 37.3. The Kier molecular flexibility index (Phi) is 4.16. The zero-order valence-corrected chi connectivity index (χ0v) is 12.2. The first-order valence-corrected chi connectivity index (χ1v) is 7.50. The standard InChI is InChI=1S/C15H23NO4/c1-3-11-4-6-15(7-5-11,14(19)20)16-12(17)8-10(2)9-13(16)18/h10-11H,3-9H2,1-2H3,(H,19,20). The lowest BCUT2D eigenvalue weighted by molar-refractivity contribution is -0.173. The summed E-state index contributed by atoms with van der Waals surface area (Å²) in [6.45, 7) is 3.95. The number of nitrogens with zero attached hydrogens (tertiary/aromatic N) is 1. The molecule has 5 heteroatoms. The van der Waals surface area contributed by atoms with Crippen molar-refractivity contribution in [3.8, 4) is 0 Å². The summed E-state index contributed by atoms with van der Waals surface area (Å²) in [5.41, 5.74) is -1.29. The van der Waals surface area contributed by atoms with Crippen LogP contribution in [-0.2, 0) is 14.4 Å². The maximum Gasteiger partial charge on any atom is 0.330 e. The van der Waals surface area contributed by atoms with E-state index in [1.54, 1.807) is 0 Å². The quantitative estimate of drug-likeness (QED) is 0.805. The summed E-state index contributed by atoms with van der Waals surface area (Å²) in [5, 5.41) is 9.66. The van der Waals surface area contributed by atoms with Crippen LogP contribution in [0.2, 0.25) is 0 Å². The normalized spacial score (nSPS) is 32.5. The van der Waals surface area contributed by atoms with Crippen molar-refractivity contribution in [2.45, 2.75) is 64.3 Å². The molecule has 0 aromatic rings. The van der Waals surface area contributed by atoms with Crippen LogP contribution in [0.1, 0.15) is 58.8 Å². The number of carboxylic acid groups (broad SMARTS) is 1. The molecular formula is C15H23NO4. The lowest BCUT2D eigenvalue weighted by atomic mass is 9.73. The molecule has 2 amide bonds. The third-order valence-corrected chi connectivity index (χ3v) is 4.88. The number of likely N-dealkylation sites (tertiary alicyclic amines) is 1. The Balaban J connectivity index is 2.27. The molecule has 1 saturated heterocycles. The van der Waals surface area contributed by atoms with Gasteiger partial charge >= 0.3 is 5.97 Å². The van der Waals surface area contributed by atoms with Crippen molar-refractivity contribution in [3.63, 3.8) is 0 Å². The minimum absolute atomic E-state index is 0.0177. The average molecular weight is 281 g/mol. The Bertz CT molecular complexity index is 406. The van der Waals surface area contributed by atoms with E-state index < -0.39 is 11.5 Å². The second kappa shape index (κ2) is 5.54. The minimum Gasteiger partial charge on any atom is -0.479 e. The molecule has 112 valence electrons. The van der Waals surface area contributed by atoms with E-state index >= 15 is 0 Å². The van der Waals surface area contributed by atoms with Crippen LogP contribution in [-0.4, -0.2) is 33.3 Å². The zero-order chi connectivity index (χ0) is 14.9. The van der Waals surface area contributed by atoms with Gasteiger partial charge in [0.1, 0.15) is 5.54 Å². The lowest BCUT2D eigenvalue weighted by Gasteiger charge is -2.45. The highest BCUT2D eigenvalue weighted by Gasteiger charge is 2.52. The molecule has 20 heavy (non-hydrogen) atoms. The molecule has 1 aliphatic carbocycles. The van der Waals surface area contributed by atoms with Crippen LogP contribution in [0, 0.1) is 11.8 Å². The number of carbonyl (C=O) groups is 3. The summed E-state index contributed by atoms with van der Waals surface area (Å²) in [6.07, 6.45) is 3.91. The second-order valence-corrected chi connectivity index (χ2v) is 6.32. The van der Waals surface area contributed by atoms with Crippen LogP contribution in [0.15, 0.2) is 0 Å². The van der Waals surface area contributed by atoms with Crippen LogP contribution in [0.25, 0.3) is 0 Å². The summed E-state index contributed by atoms with van der Waals surface area (Å²) in [7, 11) is 0. The Morgan fingerprint density at radius 3 is 2.15 bits per heavy atom. The summed E-state index contributed by atoms with van der Waals surface area (Å²) >= 11 is 0. The molecule has 1 heterocycles. The monoisotopic (exact) mass is 281 g/mol. The molecule has 2 rings (SSSR count). The Hall–Kier alpha value is -1.39. The first-order chi connectivity index (χ1) is 9.40. The maximum atomic E-state index is 12.2. The number of carboxylic acids is 1. The van der Waals surface area contributed by atoms with Crippen molar-refractivity contribution in [1.82, 2.24) is 4.90 Å². The third-order valence-electron chi connectivity index (χ3n) is 4.88. The molecule has 2 fully saturated rings. The molecule has 1 saturated carbocycles. The van der Waals surface area contributed by atoms with E-state index in [1.165, 1.54) is 0 Å². The molecule has 0 radical (unpaired) electrons. The zero-order valence-electron chi connectivity index (χ0n) is 12.2. The Morgan fingerprint density at radius 2 is 1.75 bits per heavy atom. The summed E-state index contributed by atoms with van der Waals surface area (Å²) < 4.78 is 0. The van der Waals surface area contributed by atoms with Gasteiger partial charge in [0.05, 0.1) is 0 Å². The van der Waals surface area contributed by atoms with E-state index in [2.05, 4.69) is 6.92 Å². The van der Waals surface area contributed by atoms with Gasteiger partial charge in [0.2, 0.25) is 11.8 Å². The Labute approximate surface area is 119 Å². The van der Waals surface area contributed by atoms with Gasteiger partial charge in [-0.2, -0.15) is 0 Å². The van der Waals surface area contributed by atoms with Crippen LogP contribution < -0.4 is 0 Å². The SMILES string of the molecule is CCC1CCC(C(=O)O)(N2C(=O)CC(C)CC2=O)CC1. The van der Waals surface area contributed by atoms with Crippen molar-refractivity contribution in [1.29, 1.82) is 0 Å². The fraction of sp³-hybridized carbons (Fsp3) is 0.800. The van der Waals surface area contributed by atoms with Gasteiger partial charge < -0.3 is 5.11 Å². The molecule has 0 atom stereocenters. The van der Waals surface area contributed by atoms with Gasteiger partial charge in [0.15, 0.2) is 0 Å². The van der Waals surface area contributed by atoms with Gasteiger partial charge in [-0.05, 0) is 37.5 Å². The van der Waals surface area contributed by atoms with Gasteiger partial charge in [-0.25, -0.2) is 4.79 Å². The Morgan fingerprint density at radius 1 is 1.25 bits per heavy atom. The van der Waals surface area contributed by atoms with Crippen molar-refractivity contribution in [2.24, 2.45) is 11.8 Å². The third kappa shape index (κ3) is 2.45. The van der Waals surface area contributed by atoms with E-state index in [1.807, 2.05) is 6.92 Å². The highest BCUT2D eigenvalue weighted by atomic mass is 16.4. The maximum absolute atomic E-state index is 12.2. The molecule has 5 nitrogen and oxygen atoms in total. The van der Waals surface area contributed by atoms with E-state index in [0.29, 0.717) is 18.8 Å². The van der Waals surface area contributed by atoms with Crippen molar-refractivity contribution >= 4 is 17.8 Å². The first-order valence-electron chi connectivity index (χ1n) is 7.50. The molecular weight excluding hydrogens is 258 g/mol. The predicted octanol–water partition coefficient (Wildman–Crippen LogP) is 2.20. The fourth-order valence-corrected chi connectivity index (χ4v) is 3.56. The lowest BCUT2D eigenvalue weighted by Crippen LogP contribution is -2.62. The van der Waals surface area contributed by atoms with Gasteiger partial charge in [-0.1, -0.05) is 20.3 Å². The van der Waals surface area contributed by atoms with E-state index in [9.17, 15) is 19.5 Å². The molecule has 0 unspecified atom stereocenters. The largest absolute Gasteiger partial charge is 0.479 e. The molecule has 0 spiro atoms. The number of carbonyl (C=O) groups excluding carboxylic acids is 2. The van der Waals surface area contributed by atoms with E-state index in [-0.39, 0.29) is 30.6 Å². The molecule has 0 aromatic carbocycles. The number of aliphatic carboxylic acids is 1. The van der Waals surface area contributed by atoms with Gasteiger partial charge in [-0.15, -0.1) is 0 Å². The van der Waals surface area contributed by atoms with Crippen LogP contribution in [0.4, 0.5) is 0 Å². The molecule has 1 N–H and O–H groups in total. The van der Waals surface area contributed by atoms with Gasteiger partial charge in [0, 0.05) is 12.8 Å². The number of hydrogen-bond donors (Lipinski definition) is 1. The van der Waals surface area contributed by atoms with E-state index in [4.69, 9.17) is 0 Å². The number of amides is 2. The van der Waals surface area contributed by atoms with E-state index in [0.717, 1.165) is 24.2 Å². The number of imide groups is 1. The van der Waals surface area contributed by atoms with Crippen LogP contribution in [0.3, 0.4) is 0 Å². The molecule has 2 aliphatic rings. The average Bonchev–Trinajstić information content (AvgIpc) is 2.38. The summed E-state index contributed by atoms with van der Waals surface area (Å²) in [6, 6.07) is 0. The van der Waals surface area contributed by atoms with Gasteiger partial charge in [-0.3, -0.25) is 14.5 Å². The number of hydrogen-bond acceptors (Lipinski definition) is 3. The van der Waals surface area contributed by atoms with Crippen LogP contribution in [0.5, 0.6) is 0 Å². The summed E-state index contributed by atoms with van der Waals surface area (Å²) in [5.74, 6) is -1.12. The minimum atomic E-state index is -1.29. The first kappa shape index (κ1) is 15.0. The second-order valence-electron chi connectivity index (χ2n) is 6.32. The van der Waals surface area contributed by atoms with Crippen LogP contribution >= 0.6 is 0 Å². The highest BCUT2D eigenvalue weighted by molar-refractivity contribution is 6.03. The number of rotatable bonds is 3. The molecule has 1 aliphatic heterocycles.